The smallest absolute Gasteiger partial charge is 0.333 e. The summed E-state index contributed by atoms with van der Waals surface area (Å²) in [6, 6.07) is 16.1. The third-order valence-electron chi connectivity index (χ3n) is 4.87. The molecule has 0 spiro atoms. The van der Waals surface area contributed by atoms with Gasteiger partial charge in [-0.3, -0.25) is 0 Å². The standard InChI is InChI=1S/C27H34O5/c1-20(2)19-29-15-16-30-24-11-7-22(8-12-24)27(5,6)23-9-13-25(14-10-23)31-17-18-32-26(28)21(3)4/h7-14,19H,3,15-18H2,1-2,4-6H3. The van der Waals surface area contributed by atoms with Crippen LogP contribution in [0.3, 0.4) is 0 Å². The van der Waals surface area contributed by atoms with Crippen molar-refractivity contribution in [3.8, 4) is 11.5 Å². The number of benzene rings is 2. The van der Waals surface area contributed by atoms with Crippen molar-refractivity contribution in [1.29, 1.82) is 0 Å². The van der Waals surface area contributed by atoms with E-state index in [1.165, 1.54) is 11.1 Å². The average molecular weight is 439 g/mol. The Balaban J connectivity index is 1.88. The lowest BCUT2D eigenvalue weighted by molar-refractivity contribution is -0.139. The number of carbonyl (C=O) groups is 1. The molecule has 0 saturated carbocycles. The predicted molar refractivity (Wildman–Crippen MR) is 127 cm³/mol. The molecule has 2 aromatic carbocycles. The number of hydrogen-bond donors (Lipinski definition) is 0. The first-order valence-corrected chi connectivity index (χ1v) is 10.7. The van der Waals surface area contributed by atoms with E-state index >= 15 is 0 Å². The summed E-state index contributed by atoms with van der Waals surface area (Å²) >= 11 is 0. The zero-order valence-corrected chi connectivity index (χ0v) is 19.8. The Kier molecular flexibility index (Phi) is 9.39. The molecule has 0 aliphatic heterocycles. The van der Waals surface area contributed by atoms with Crippen molar-refractivity contribution in [2.45, 2.75) is 40.0 Å². The van der Waals surface area contributed by atoms with Crippen LogP contribution in [0.15, 0.2) is 72.5 Å². The Morgan fingerprint density at radius 2 is 1.28 bits per heavy atom. The van der Waals surface area contributed by atoms with Gasteiger partial charge >= 0.3 is 5.97 Å². The largest absolute Gasteiger partial charge is 0.498 e. The second-order valence-electron chi connectivity index (χ2n) is 8.35. The van der Waals surface area contributed by atoms with E-state index in [1.807, 2.05) is 38.1 Å². The van der Waals surface area contributed by atoms with Gasteiger partial charge in [0, 0.05) is 11.0 Å². The zero-order chi connectivity index (χ0) is 23.6. The first-order chi connectivity index (χ1) is 15.2. The highest BCUT2D eigenvalue weighted by Crippen LogP contribution is 2.33. The van der Waals surface area contributed by atoms with Crippen molar-refractivity contribution in [1.82, 2.24) is 0 Å². The Labute approximate surface area is 191 Å². The number of hydrogen-bond acceptors (Lipinski definition) is 5. The zero-order valence-electron chi connectivity index (χ0n) is 19.8. The molecular formula is C27H34O5. The van der Waals surface area contributed by atoms with E-state index in [2.05, 4.69) is 44.7 Å². The van der Waals surface area contributed by atoms with Crippen LogP contribution in [0.25, 0.3) is 0 Å². The molecule has 0 atom stereocenters. The summed E-state index contributed by atoms with van der Waals surface area (Å²) in [6.45, 7) is 15.0. The Morgan fingerprint density at radius 3 is 1.72 bits per heavy atom. The van der Waals surface area contributed by atoms with Crippen molar-refractivity contribution < 1.29 is 23.7 Å². The minimum atomic E-state index is -0.404. The van der Waals surface area contributed by atoms with E-state index in [1.54, 1.807) is 13.2 Å². The second kappa shape index (κ2) is 12.0. The molecule has 5 nitrogen and oxygen atoms in total. The first kappa shape index (κ1) is 25.1. The predicted octanol–water partition coefficient (Wildman–Crippen LogP) is 5.83. The van der Waals surface area contributed by atoms with Crippen LogP contribution < -0.4 is 9.47 Å². The van der Waals surface area contributed by atoms with Gasteiger partial charge in [0.2, 0.25) is 0 Å². The summed E-state index contributed by atoms with van der Waals surface area (Å²) in [5, 5.41) is 0. The molecule has 32 heavy (non-hydrogen) atoms. The second-order valence-corrected chi connectivity index (χ2v) is 8.35. The number of ether oxygens (including phenoxy) is 4. The van der Waals surface area contributed by atoms with Gasteiger partial charge in [0.1, 0.15) is 37.9 Å². The van der Waals surface area contributed by atoms with Crippen molar-refractivity contribution in [3.63, 3.8) is 0 Å². The van der Waals surface area contributed by atoms with Crippen LogP contribution in [0.1, 0.15) is 45.7 Å². The number of rotatable bonds is 12. The minimum absolute atomic E-state index is 0.180. The van der Waals surface area contributed by atoms with Gasteiger partial charge in [-0.05, 0) is 61.7 Å². The van der Waals surface area contributed by atoms with E-state index in [0.29, 0.717) is 25.4 Å². The monoisotopic (exact) mass is 438 g/mol. The van der Waals surface area contributed by atoms with Crippen molar-refractivity contribution in [2.24, 2.45) is 0 Å². The SMILES string of the molecule is C=C(C)C(=O)OCCOc1ccc(C(C)(C)c2ccc(OCCOC=C(C)C)cc2)cc1. The maximum absolute atomic E-state index is 11.4. The lowest BCUT2D eigenvalue weighted by Gasteiger charge is -2.26. The molecule has 0 N–H and O–H groups in total. The third kappa shape index (κ3) is 7.80. The molecule has 0 fully saturated rings. The van der Waals surface area contributed by atoms with E-state index < -0.39 is 5.97 Å². The van der Waals surface area contributed by atoms with Crippen molar-refractivity contribution in [2.75, 3.05) is 26.4 Å². The minimum Gasteiger partial charge on any atom is -0.498 e. The average Bonchev–Trinajstić information content (AvgIpc) is 2.76. The van der Waals surface area contributed by atoms with Crippen LogP contribution >= 0.6 is 0 Å². The summed E-state index contributed by atoms with van der Waals surface area (Å²) < 4.78 is 21.8. The molecule has 5 heteroatoms. The van der Waals surface area contributed by atoms with Gasteiger partial charge in [-0.1, -0.05) is 44.7 Å². The fraction of sp³-hybridized carbons (Fsp3) is 0.370. The van der Waals surface area contributed by atoms with Gasteiger partial charge in [0.15, 0.2) is 0 Å². The number of esters is 1. The Morgan fingerprint density at radius 1 is 0.812 bits per heavy atom. The van der Waals surface area contributed by atoms with E-state index in [9.17, 15) is 4.79 Å². The lowest BCUT2D eigenvalue weighted by Crippen LogP contribution is -2.19. The topological polar surface area (TPSA) is 54.0 Å². The fourth-order valence-corrected chi connectivity index (χ4v) is 2.95. The highest BCUT2D eigenvalue weighted by atomic mass is 16.6. The van der Waals surface area contributed by atoms with Crippen LogP contribution in [0.5, 0.6) is 11.5 Å². The molecule has 0 amide bonds. The maximum Gasteiger partial charge on any atom is 0.333 e. The quantitative estimate of drug-likeness (QED) is 0.181. The number of allylic oxidation sites excluding steroid dienone is 1. The highest BCUT2D eigenvalue weighted by Gasteiger charge is 2.23. The molecule has 0 aliphatic rings. The molecule has 0 aliphatic carbocycles. The van der Waals surface area contributed by atoms with Crippen LogP contribution in [0.2, 0.25) is 0 Å². The van der Waals surface area contributed by atoms with Crippen LogP contribution in [0, 0.1) is 0 Å². The van der Waals surface area contributed by atoms with E-state index in [-0.39, 0.29) is 12.0 Å². The van der Waals surface area contributed by atoms with Gasteiger partial charge in [-0.25, -0.2) is 4.79 Å². The van der Waals surface area contributed by atoms with E-state index in [4.69, 9.17) is 18.9 Å². The Hall–Kier alpha value is -3.21. The molecule has 172 valence electrons. The van der Waals surface area contributed by atoms with Crippen LogP contribution in [-0.2, 0) is 19.7 Å². The molecule has 0 unspecified atom stereocenters. The first-order valence-electron chi connectivity index (χ1n) is 10.7. The summed E-state index contributed by atoms with van der Waals surface area (Å²) in [5.74, 6) is 1.15. The highest BCUT2D eigenvalue weighted by molar-refractivity contribution is 5.86. The normalized spacial score (nSPS) is 10.8. The third-order valence-corrected chi connectivity index (χ3v) is 4.87. The summed E-state index contributed by atoms with van der Waals surface area (Å²) in [4.78, 5) is 11.4. The van der Waals surface area contributed by atoms with Crippen molar-refractivity contribution >= 4 is 5.97 Å². The molecule has 0 aromatic heterocycles. The summed E-state index contributed by atoms with van der Waals surface area (Å²) in [7, 11) is 0. The molecule has 0 heterocycles. The molecule has 0 radical (unpaired) electrons. The van der Waals surface area contributed by atoms with Crippen LogP contribution in [0.4, 0.5) is 0 Å². The van der Waals surface area contributed by atoms with Crippen LogP contribution in [-0.4, -0.2) is 32.4 Å². The van der Waals surface area contributed by atoms with Gasteiger partial charge in [0.25, 0.3) is 0 Å². The van der Waals surface area contributed by atoms with Gasteiger partial charge in [-0.15, -0.1) is 0 Å². The summed E-state index contributed by atoms with van der Waals surface area (Å²) in [6.07, 6.45) is 1.74. The van der Waals surface area contributed by atoms with Gasteiger partial charge in [-0.2, -0.15) is 0 Å². The van der Waals surface area contributed by atoms with Gasteiger partial charge in [0.05, 0.1) is 6.26 Å². The lowest BCUT2D eigenvalue weighted by atomic mass is 9.78. The molecule has 0 saturated heterocycles. The fourth-order valence-electron chi connectivity index (χ4n) is 2.95. The van der Waals surface area contributed by atoms with Gasteiger partial charge < -0.3 is 18.9 Å². The Bertz CT molecular complexity index is 904. The molecule has 2 aromatic rings. The molecule has 0 bridgehead atoms. The number of carbonyl (C=O) groups excluding carboxylic acids is 1. The summed E-state index contributed by atoms with van der Waals surface area (Å²) in [5.41, 5.74) is 3.68. The maximum atomic E-state index is 11.4. The molecular weight excluding hydrogens is 404 g/mol. The van der Waals surface area contributed by atoms with E-state index in [0.717, 1.165) is 17.1 Å². The van der Waals surface area contributed by atoms with Crippen molar-refractivity contribution in [3.05, 3.63) is 83.6 Å². The molecule has 2 rings (SSSR count).